The topological polar surface area (TPSA) is 9.23 Å². The Morgan fingerprint density at radius 3 is 2.22 bits per heavy atom. The number of rotatable bonds is 5. The first-order valence-electron chi connectivity index (χ1n) is 6.66. The molecule has 0 bridgehead atoms. The zero-order valence-corrected chi connectivity index (χ0v) is 10.5. The molecule has 0 radical (unpaired) electrons. The van der Waals surface area contributed by atoms with Gasteiger partial charge in [0, 0.05) is 0 Å². The van der Waals surface area contributed by atoms with Gasteiger partial charge in [-0.2, -0.15) is 0 Å². The van der Waals surface area contributed by atoms with Crippen molar-refractivity contribution in [2.45, 2.75) is 25.9 Å². The highest BCUT2D eigenvalue weighted by molar-refractivity contribution is 5.28. The summed E-state index contributed by atoms with van der Waals surface area (Å²) in [5.74, 6) is 1.90. The van der Waals surface area contributed by atoms with Gasteiger partial charge in [0.15, 0.2) is 0 Å². The minimum atomic E-state index is 0.642. The van der Waals surface area contributed by atoms with Crippen molar-refractivity contribution in [2.75, 3.05) is 0 Å². The Kier molecular flexibility index (Phi) is 3.31. The molecule has 1 nitrogen and oxygen atoms in total. The Labute approximate surface area is 108 Å². The molecule has 1 fully saturated rings. The van der Waals surface area contributed by atoms with Crippen LogP contribution in [0, 0.1) is 5.92 Å². The molecule has 0 N–H and O–H groups in total. The summed E-state index contributed by atoms with van der Waals surface area (Å²) in [7, 11) is 0. The Morgan fingerprint density at radius 1 is 0.833 bits per heavy atom. The Hall–Kier alpha value is -1.76. The molecule has 92 valence electrons. The van der Waals surface area contributed by atoms with Crippen molar-refractivity contribution in [2.24, 2.45) is 5.92 Å². The summed E-state index contributed by atoms with van der Waals surface area (Å²) in [5.41, 5.74) is 2.64. The Bertz CT molecular complexity index is 483. The van der Waals surface area contributed by atoms with Crippen molar-refractivity contribution in [1.82, 2.24) is 0 Å². The van der Waals surface area contributed by atoms with E-state index in [1.54, 1.807) is 0 Å². The van der Waals surface area contributed by atoms with E-state index in [0.29, 0.717) is 6.61 Å². The van der Waals surface area contributed by atoms with E-state index in [2.05, 4.69) is 36.4 Å². The van der Waals surface area contributed by atoms with Crippen LogP contribution in [-0.4, -0.2) is 0 Å². The number of hydrogen-bond acceptors (Lipinski definition) is 1. The fourth-order valence-corrected chi connectivity index (χ4v) is 2.12. The Balaban J connectivity index is 1.56. The molecule has 3 rings (SSSR count). The van der Waals surface area contributed by atoms with Crippen molar-refractivity contribution < 1.29 is 4.74 Å². The van der Waals surface area contributed by atoms with Gasteiger partial charge in [-0.1, -0.05) is 42.5 Å². The molecule has 0 aromatic heterocycles. The fraction of sp³-hybridized carbons (Fsp3) is 0.294. The molecule has 0 saturated heterocycles. The van der Waals surface area contributed by atoms with E-state index in [-0.39, 0.29) is 0 Å². The van der Waals surface area contributed by atoms with E-state index in [1.807, 2.05) is 18.2 Å². The van der Waals surface area contributed by atoms with E-state index in [1.165, 1.54) is 30.4 Å². The van der Waals surface area contributed by atoms with Crippen molar-refractivity contribution in [3.8, 4) is 5.75 Å². The average molecular weight is 238 g/mol. The van der Waals surface area contributed by atoms with Crippen molar-refractivity contribution in [1.29, 1.82) is 0 Å². The molecule has 2 aromatic rings. The second-order valence-corrected chi connectivity index (χ2v) is 5.07. The van der Waals surface area contributed by atoms with Gasteiger partial charge >= 0.3 is 0 Å². The van der Waals surface area contributed by atoms with E-state index in [4.69, 9.17) is 4.74 Å². The van der Waals surface area contributed by atoms with Crippen LogP contribution < -0.4 is 4.74 Å². The first-order valence-corrected chi connectivity index (χ1v) is 6.66. The fourth-order valence-electron chi connectivity index (χ4n) is 2.12. The third-order valence-corrected chi connectivity index (χ3v) is 3.39. The quantitative estimate of drug-likeness (QED) is 0.758. The van der Waals surface area contributed by atoms with Crippen molar-refractivity contribution in [3.05, 3.63) is 65.7 Å². The van der Waals surface area contributed by atoms with E-state index in [9.17, 15) is 0 Å². The zero-order valence-electron chi connectivity index (χ0n) is 10.5. The zero-order chi connectivity index (χ0) is 12.2. The average Bonchev–Trinajstić information content (AvgIpc) is 3.23. The maximum absolute atomic E-state index is 5.77. The summed E-state index contributed by atoms with van der Waals surface area (Å²) in [6.45, 7) is 0.642. The van der Waals surface area contributed by atoms with Gasteiger partial charge in [-0.3, -0.25) is 0 Å². The SMILES string of the molecule is c1ccc(COc2ccc(CC3CC3)cc2)cc1. The lowest BCUT2D eigenvalue weighted by Gasteiger charge is -2.07. The molecule has 1 heteroatoms. The third-order valence-electron chi connectivity index (χ3n) is 3.39. The van der Waals surface area contributed by atoms with Gasteiger partial charge in [0.05, 0.1) is 0 Å². The minimum absolute atomic E-state index is 0.642. The van der Waals surface area contributed by atoms with Gasteiger partial charge in [-0.15, -0.1) is 0 Å². The summed E-state index contributed by atoms with van der Waals surface area (Å²) in [5, 5.41) is 0. The van der Waals surface area contributed by atoms with Crippen LogP contribution >= 0.6 is 0 Å². The summed E-state index contributed by atoms with van der Waals surface area (Å²) in [6, 6.07) is 18.8. The molecule has 0 amide bonds. The number of benzene rings is 2. The molecule has 2 aromatic carbocycles. The van der Waals surface area contributed by atoms with Crippen LogP contribution in [0.3, 0.4) is 0 Å². The summed E-state index contributed by atoms with van der Waals surface area (Å²) < 4.78 is 5.77. The highest BCUT2D eigenvalue weighted by Gasteiger charge is 2.21. The minimum Gasteiger partial charge on any atom is -0.489 e. The molecule has 0 heterocycles. The maximum atomic E-state index is 5.77. The number of ether oxygens (including phenoxy) is 1. The maximum Gasteiger partial charge on any atom is 0.119 e. The standard InChI is InChI=1S/C17H18O/c1-2-4-16(5-3-1)13-18-17-10-8-15(9-11-17)12-14-6-7-14/h1-5,8-11,14H,6-7,12-13H2. The van der Waals surface area contributed by atoms with Crippen LogP contribution in [0.2, 0.25) is 0 Å². The highest BCUT2D eigenvalue weighted by atomic mass is 16.5. The molecule has 18 heavy (non-hydrogen) atoms. The van der Waals surface area contributed by atoms with E-state index < -0.39 is 0 Å². The third kappa shape index (κ3) is 3.13. The molecule has 0 spiro atoms. The second-order valence-electron chi connectivity index (χ2n) is 5.07. The van der Waals surface area contributed by atoms with Crippen molar-refractivity contribution >= 4 is 0 Å². The normalized spacial score (nSPS) is 14.4. The second kappa shape index (κ2) is 5.26. The lowest BCUT2D eigenvalue weighted by Crippen LogP contribution is -1.95. The van der Waals surface area contributed by atoms with Crippen LogP contribution in [0.25, 0.3) is 0 Å². The van der Waals surface area contributed by atoms with Gasteiger partial charge in [0.1, 0.15) is 12.4 Å². The smallest absolute Gasteiger partial charge is 0.119 e. The monoisotopic (exact) mass is 238 g/mol. The van der Waals surface area contributed by atoms with Crippen LogP contribution in [0.1, 0.15) is 24.0 Å². The van der Waals surface area contributed by atoms with Crippen LogP contribution in [0.4, 0.5) is 0 Å². The Morgan fingerprint density at radius 2 is 1.56 bits per heavy atom. The lowest BCUT2D eigenvalue weighted by atomic mass is 10.1. The molecule has 0 atom stereocenters. The van der Waals surface area contributed by atoms with Crippen LogP contribution in [0.5, 0.6) is 5.75 Å². The first kappa shape index (κ1) is 11.3. The summed E-state index contributed by atoms with van der Waals surface area (Å²) in [6.07, 6.45) is 4.05. The highest BCUT2D eigenvalue weighted by Crippen LogP contribution is 2.32. The first-order chi connectivity index (χ1) is 8.90. The van der Waals surface area contributed by atoms with Gasteiger partial charge in [0.2, 0.25) is 0 Å². The summed E-state index contributed by atoms with van der Waals surface area (Å²) in [4.78, 5) is 0. The number of hydrogen-bond donors (Lipinski definition) is 0. The predicted octanol–water partition coefficient (Wildman–Crippen LogP) is 4.22. The predicted molar refractivity (Wildman–Crippen MR) is 73.6 cm³/mol. The van der Waals surface area contributed by atoms with Gasteiger partial charge in [-0.05, 0) is 48.4 Å². The molecular formula is C17H18O. The van der Waals surface area contributed by atoms with Crippen molar-refractivity contribution in [3.63, 3.8) is 0 Å². The molecular weight excluding hydrogens is 220 g/mol. The largest absolute Gasteiger partial charge is 0.489 e. The lowest BCUT2D eigenvalue weighted by molar-refractivity contribution is 0.306. The molecule has 1 saturated carbocycles. The molecule has 1 aliphatic carbocycles. The van der Waals surface area contributed by atoms with E-state index in [0.717, 1.165) is 11.7 Å². The van der Waals surface area contributed by atoms with Gasteiger partial charge in [-0.25, -0.2) is 0 Å². The van der Waals surface area contributed by atoms with Crippen LogP contribution in [0.15, 0.2) is 54.6 Å². The van der Waals surface area contributed by atoms with E-state index >= 15 is 0 Å². The van der Waals surface area contributed by atoms with Gasteiger partial charge in [0.25, 0.3) is 0 Å². The molecule has 0 unspecified atom stereocenters. The molecule has 0 aliphatic heterocycles. The summed E-state index contributed by atoms with van der Waals surface area (Å²) >= 11 is 0. The van der Waals surface area contributed by atoms with Gasteiger partial charge < -0.3 is 4.74 Å². The van der Waals surface area contributed by atoms with Crippen LogP contribution in [-0.2, 0) is 13.0 Å². The molecule has 1 aliphatic rings.